The number of hydrogen-bond donors (Lipinski definition) is 7. The van der Waals surface area contributed by atoms with Crippen molar-refractivity contribution in [2.75, 3.05) is 6.61 Å². The molecule has 10 N–H and O–H groups in total. The van der Waals surface area contributed by atoms with Crippen LogP contribution in [-0.2, 0) is 33.6 Å². The van der Waals surface area contributed by atoms with Crippen LogP contribution in [0.1, 0.15) is 95.2 Å². The van der Waals surface area contributed by atoms with Crippen molar-refractivity contribution >= 4 is 17.7 Å². The van der Waals surface area contributed by atoms with Crippen LogP contribution in [0.3, 0.4) is 0 Å². The molecule has 0 saturated heterocycles. The highest BCUT2D eigenvalue weighted by Gasteiger charge is 2.66. The number of benzene rings is 3. The average Bonchev–Trinajstić information content (AvgIpc) is 3.62. The molecule has 0 bridgehead atoms. The second-order valence-electron chi connectivity index (χ2n) is 19.9. The van der Waals surface area contributed by atoms with Gasteiger partial charge in [-0.25, -0.2) is 0 Å². The first kappa shape index (κ1) is 44.9. The Morgan fingerprint density at radius 2 is 1.18 bits per heavy atom. The summed E-state index contributed by atoms with van der Waals surface area (Å²) in [5, 5.41) is 20.4. The zero-order valence-corrected chi connectivity index (χ0v) is 36.7. The minimum Gasteiger partial charge on any atom is -0.396 e. The van der Waals surface area contributed by atoms with Crippen molar-refractivity contribution in [1.29, 1.82) is 0 Å². The fourth-order valence-electron chi connectivity index (χ4n) is 13.1. The van der Waals surface area contributed by atoms with Crippen molar-refractivity contribution in [3.63, 3.8) is 0 Å². The maximum Gasteiger partial charge on any atom is 0.237 e. The molecule has 4 aliphatic carbocycles. The number of carbonyl (C=O) groups is 3. The third-order valence-corrected chi connectivity index (χ3v) is 16.3. The molecule has 4 saturated carbocycles. The Balaban J connectivity index is 1.18. The number of amides is 3. The van der Waals surface area contributed by atoms with E-state index in [1.165, 1.54) is 0 Å². The van der Waals surface area contributed by atoms with Crippen LogP contribution in [0.2, 0.25) is 0 Å². The summed E-state index contributed by atoms with van der Waals surface area (Å²) in [5.41, 5.74) is 22.7. The number of rotatable bonds is 16. The fraction of sp³-hybridized carbons (Fsp3) is 0.588. The van der Waals surface area contributed by atoms with E-state index in [1.54, 1.807) is 0 Å². The number of nitrogens with one attached hydrogen (secondary N) is 3. The molecule has 0 spiro atoms. The monoisotopic (exact) mass is 833 g/mol. The lowest BCUT2D eigenvalue weighted by Crippen LogP contribution is -2.68. The summed E-state index contributed by atoms with van der Waals surface area (Å²) in [5.74, 6) is 1.16. The third kappa shape index (κ3) is 9.78. The Labute approximate surface area is 364 Å². The number of aliphatic hydroxyl groups is 1. The van der Waals surface area contributed by atoms with Crippen molar-refractivity contribution in [3.8, 4) is 0 Å². The number of fused-ring (bicyclic) bond motifs is 5. The molecule has 6 unspecified atom stereocenters. The second kappa shape index (κ2) is 19.5. The van der Waals surface area contributed by atoms with Gasteiger partial charge in [0.05, 0.1) is 18.1 Å². The molecule has 61 heavy (non-hydrogen) atoms. The highest BCUT2D eigenvalue weighted by molar-refractivity contribution is 5.83. The number of hydrogen-bond acceptors (Lipinski definition) is 7. The first-order valence-corrected chi connectivity index (χ1v) is 23.2. The molecule has 3 aromatic rings. The molecule has 0 heterocycles. The summed E-state index contributed by atoms with van der Waals surface area (Å²) in [4.78, 5) is 42.1. The average molecular weight is 833 g/mol. The van der Waals surface area contributed by atoms with Crippen molar-refractivity contribution in [1.82, 2.24) is 16.0 Å². The summed E-state index contributed by atoms with van der Waals surface area (Å²) in [6.07, 6.45) is 9.27. The Morgan fingerprint density at radius 1 is 0.672 bits per heavy atom. The molecule has 0 radical (unpaired) electrons. The number of nitrogens with two attached hydrogens (primary N) is 3. The van der Waals surface area contributed by atoms with Gasteiger partial charge in [0, 0.05) is 24.7 Å². The Morgan fingerprint density at radius 3 is 1.70 bits per heavy atom. The van der Waals surface area contributed by atoms with Crippen LogP contribution in [0.25, 0.3) is 0 Å². The van der Waals surface area contributed by atoms with Crippen LogP contribution in [0, 0.1) is 46.3 Å². The predicted octanol–water partition coefficient (Wildman–Crippen LogP) is 5.44. The van der Waals surface area contributed by atoms with Crippen LogP contribution in [0.4, 0.5) is 0 Å². The van der Waals surface area contributed by atoms with Gasteiger partial charge in [0.25, 0.3) is 0 Å². The highest BCUT2D eigenvalue weighted by Crippen LogP contribution is 2.68. The van der Waals surface area contributed by atoms with Crippen molar-refractivity contribution < 1.29 is 19.5 Å². The van der Waals surface area contributed by atoms with E-state index in [9.17, 15) is 19.5 Å². The lowest BCUT2D eigenvalue weighted by molar-refractivity contribution is -0.154. The van der Waals surface area contributed by atoms with Crippen LogP contribution in [-0.4, -0.2) is 65.7 Å². The molecular weight excluding hydrogens is 761 g/mol. The van der Waals surface area contributed by atoms with Gasteiger partial charge in [-0.2, -0.15) is 0 Å². The van der Waals surface area contributed by atoms with Gasteiger partial charge in [0.15, 0.2) is 0 Å². The molecule has 0 aliphatic heterocycles. The molecule has 3 amide bonds. The minimum atomic E-state index is -0.693. The molecule has 4 fully saturated rings. The van der Waals surface area contributed by atoms with Gasteiger partial charge in [0.2, 0.25) is 17.7 Å². The van der Waals surface area contributed by atoms with E-state index in [4.69, 9.17) is 17.2 Å². The standard InChI is InChI=1S/C51H72N6O4/c1-32(14-13-25-58)38-21-22-39-46-40(31-45(51(38,39)3)57-49(61)43(54)28-35-19-11-6-12-20-35)50(2)24-23-37(55-47(59)41(52)26-33-15-7-4-8-16-33)29-36(50)30-44(46)56-48(60)42(53)27-34-17-9-5-10-18-34/h4-12,15-20,32,36-46,58H,13-14,21-31,52-54H2,1-3H3,(H,55,59)(H,56,60)(H,57,61)/t32-,36?,37-,38?,39+,40+,41+,42?,43+,44-,45+,46?,50?,51?/m1/s1. The Bertz CT molecular complexity index is 1920. The maximum atomic E-state index is 14.3. The molecule has 10 heteroatoms. The zero-order valence-electron chi connectivity index (χ0n) is 36.7. The third-order valence-electron chi connectivity index (χ3n) is 16.3. The largest absolute Gasteiger partial charge is 0.396 e. The summed E-state index contributed by atoms with van der Waals surface area (Å²) in [6, 6.07) is 27.5. The molecular formula is C51H72N6O4. The van der Waals surface area contributed by atoms with Gasteiger partial charge in [-0.1, -0.05) is 112 Å². The second-order valence-corrected chi connectivity index (χ2v) is 19.9. The molecule has 14 atom stereocenters. The minimum absolute atomic E-state index is 0.0239. The van der Waals surface area contributed by atoms with Crippen LogP contribution < -0.4 is 33.2 Å². The van der Waals surface area contributed by atoms with E-state index in [0.717, 1.165) is 74.5 Å². The van der Waals surface area contributed by atoms with Gasteiger partial charge in [-0.3, -0.25) is 14.4 Å². The van der Waals surface area contributed by atoms with E-state index >= 15 is 0 Å². The van der Waals surface area contributed by atoms with Gasteiger partial charge in [0.1, 0.15) is 0 Å². The predicted molar refractivity (Wildman–Crippen MR) is 242 cm³/mol. The van der Waals surface area contributed by atoms with Crippen molar-refractivity contribution in [2.45, 2.75) is 134 Å². The molecule has 7 rings (SSSR count). The van der Waals surface area contributed by atoms with Crippen LogP contribution >= 0.6 is 0 Å². The summed E-state index contributed by atoms with van der Waals surface area (Å²) in [6.45, 7) is 7.34. The Hall–Kier alpha value is -4.09. The topological polar surface area (TPSA) is 186 Å². The summed E-state index contributed by atoms with van der Waals surface area (Å²) in [7, 11) is 0. The molecule has 330 valence electrons. The SMILES string of the molecule is C[C@H](CCCO)C1CC[C@H]2C3[C@H](NC(=O)C(N)Cc4ccccc4)CC4C[C@H](NC(=O)[C@@H](N)Cc5ccccc5)CCC4(C)[C@H]3C[C@H](NC(=O)[C@@H](N)Cc3ccccc3)C12C. The lowest BCUT2D eigenvalue weighted by Gasteiger charge is -2.65. The zero-order chi connectivity index (χ0) is 43.3. The molecule has 4 aliphatic rings. The molecule has 10 nitrogen and oxygen atoms in total. The van der Waals surface area contributed by atoms with Gasteiger partial charge in [-0.15, -0.1) is 0 Å². The van der Waals surface area contributed by atoms with Gasteiger partial charge >= 0.3 is 0 Å². The van der Waals surface area contributed by atoms with E-state index in [2.05, 4.69) is 36.7 Å². The lowest BCUT2D eigenvalue weighted by atomic mass is 9.42. The number of aliphatic hydroxyl groups excluding tert-OH is 1. The fourth-order valence-corrected chi connectivity index (χ4v) is 13.1. The summed E-state index contributed by atoms with van der Waals surface area (Å²) >= 11 is 0. The van der Waals surface area contributed by atoms with Crippen LogP contribution in [0.15, 0.2) is 91.0 Å². The van der Waals surface area contributed by atoms with Crippen LogP contribution in [0.5, 0.6) is 0 Å². The van der Waals surface area contributed by atoms with E-state index in [1.807, 2.05) is 91.0 Å². The number of carbonyl (C=O) groups excluding carboxylic acids is 3. The first-order valence-electron chi connectivity index (χ1n) is 23.2. The Kier molecular flexibility index (Phi) is 14.4. The van der Waals surface area contributed by atoms with Gasteiger partial charge < -0.3 is 38.3 Å². The van der Waals surface area contributed by atoms with Crippen molar-refractivity contribution in [3.05, 3.63) is 108 Å². The van der Waals surface area contributed by atoms with E-state index in [0.29, 0.717) is 31.1 Å². The van der Waals surface area contributed by atoms with E-state index in [-0.39, 0.29) is 77.0 Å². The smallest absolute Gasteiger partial charge is 0.237 e. The molecule has 0 aromatic heterocycles. The summed E-state index contributed by atoms with van der Waals surface area (Å²) < 4.78 is 0. The maximum absolute atomic E-state index is 14.3. The molecule has 3 aromatic carbocycles. The van der Waals surface area contributed by atoms with E-state index < -0.39 is 18.1 Å². The quantitative estimate of drug-likeness (QED) is 0.100. The van der Waals surface area contributed by atoms with Gasteiger partial charge in [-0.05, 0) is 140 Å². The first-order chi connectivity index (χ1) is 29.3. The van der Waals surface area contributed by atoms with Crippen molar-refractivity contribution in [2.24, 2.45) is 63.5 Å². The highest BCUT2D eigenvalue weighted by atomic mass is 16.3. The normalized spacial score (nSPS) is 32.5.